The molecule has 19 heavy (non-hydrogen) atoms. The Balaban J connectivity index is 1.99. The number of rotatable bonds is 2. The maximum absolute atomic E-state index is 11.7. The van der Waals surface area contributed by atoms with Gasteiger partial charge in [0.05, 0.1) is 11.5 Å². The van der Waals surface area contributed by atoms with Crippen LogP contribution in [0.1, 0.15) is 59.8 Å². The number of nitrogens with one attached hydrogen (secondary N) is 1. The van der Waals surface area contributed by atoms with Crippen LogP contribution in [-0.2, 0) is 9.84 Å². The molecule has 0 radical (unpaired) electrons. The lowest BCUT2D eigenvalue weighted by Crippen LogP contribution is -2.50. The summed E-state index contributed by atoms with van der Waals surface area (Å²) in [4.78, 5) is 0. The first kappa shape index (κ1) is 15.3. The Morgan fingerprint density at radius 3 is 2.11 bits per heavy atom. The first-order valence-electron chi connectivity index (χ1n) is 7.54. The molecule has 1 N–H and O–H groups in total. The van der Waals surface area contributed by atoms with Gasteiger partial charge in [0.25, 0.3) is 0 Å². The molecular formula is C15H29NO2S. The molecule has 0 aromatic heterocycles. The van der Waals surface area contributed by atoms with Crippen LogP contribution in [-0.4, -0.2) is 32.0 Å². The van der Waals surface area contributed by atoms with E-state index in [2.05, 4.69) is 33.0 Å². The van der Waals surface area contributed by atoms with E-state index in [0.29, 0.717) is 28.4 Å². The molecule has 0 bridgehead atoms. The molecule has 0 aromatic rings. The van der Waals surface area contributed by atoms with Crippen LogP contribution in [0.25, 0.3) is 0 Å². The molecular weight excluding hydrogens is 258 g/mol. The summed E-state index contributed by atoms with van der Waals surface area (Å²) in [6, 6.07) is 0.644. The molecule has 2 fully saturated rings. The third-order valence-corrected chi connectivity index (χ3v) is 6.31. The summed E-state index contributed by atoms with van der Waals surface area (Å²) in [5, 5.41) is 3.65. The number of hydrogen-bond donors (Lipinski definition) is 1. The minimum Gasteiger partial charge on any atom is -0.310 e. The van der Waals surface area contributed by atoms with Gasteiger partial charge in [-0.15, -0.1) is 0 Å². The van der Waals surface area contributed by atoms with Gasteiger partial charge in [0.15, 0.2) is 9.84 Å². The lowest BCUT2D eigenvalue weighted by molar-refractivity contribution is 0.0806. The van der Waals surface area contributed by atoms with E-state index < -0.39 is 9.84 Å². The highest BCUT2D eigenvalue weighted by molar-refractivity contribution is 7.91. The fourth-order valence-electron chi connectivity index (χ4n) is 4.45. The molecule has 1 saturated carbocycles. The molecule has 1 saturated heterocycles. The van der Waals surface area contributed by atoms with E-state index in [0.717, 1.165) is 25.7 Å². The monoisotopic (exact) mass is 287 g/mol. The van der Waals surface area contributed by atoms with Crippen molar-refractivity contribution in [3.8, 4) is 0 Å². The highest BCUT2D eigenvalue weighted by Crippen LogP contribution is 2.45. The van der Waals surface area contributed by atoms with Crippen molar-refractivity contribution in [2.24, 2.45) is 10.8 Å². The van der Waals surface area contributed by atoms with Gasteiger partial charge in [0.1, 0.15) is 0 Å². The standard InChI is InChI=1S/C15H29NO2S/c1-14(2)8-13(9-15(3,4)11-14)16-12-6-5-7-19(17,18)10-12/h12-13,16H,5-11H2,1-4H3. The average molecular weight is 287 g/mol. The number of hydrogen-bond acceptors (Lipinski definition) is 3. The van der Waals surface area contributed by atoms with Crippen molar-refractivity contribution >= 4 is 9.84 Å². The lowest BCUT2D eigenvalue weighted by atomic mass is 9.63. The van der Waals surface area contributed by atoms with Gasteiger partial charge in [-0.1, -0.05) is 27.7 Å². The molecule has 1 atom stereocenters. The zero-order valence-electron chi connectivity index (χ0n) is 12.8. The van der Waals surface area contributed by atoms with Crippen LogP contribution in [0.15, 0.2) is 0 Å². The molecule has 0 amide bonds. The van der Waals surface area contributed by atoms with E-state index in [1.807, 2.05) is 0 Å². The summed E-state index contributed by atoms with van der Waals surface area (Å²) in [6.45, 7) is 9.33. The molecule has 1 aliphatic heterocycles. The van der Waals surface area contributed by atoms with Gasteiger partial charge in [-0.05, 0) is 42.9 Å². The van der Waals surface area contributed by atoms with Crippen molar-refractivity contribution in [3.63, 3.8) is 0 Å². The van der Waals surface area contributed by atoms with Gasteiger partial charge in [-0.25, -0.2) is 8.42 Å². The second-order valence-corrected chi connectivity index (χ2v) is 10.5. The van der Waals surface area contributed by atoms with Crippen LogP contribution >= 0.6 is 0 Å². The Morgan fingerprint density at radius 2 is 1.58 bits per heavy atom. The normalized spacial score (nSPS) is 34.0. The maximum atomic E-state index is 11.7. The summed E-state index contributed by atoms with van der Waals surface area (Å²) in [6.07, 6.45) is 5.40. The van der Waals surface area contributed by atoms with E-state index in [1.165, 1.54) is 6.42 Å². The van der Waals surface area contributed by atoms with Gasteiger partial charge < -0.3 is 5.32 Å². The molecule has 112 valence electrons. The maximum Gasteiger partial charge on any atom is 0.151 e. The Morgan fingerprint density at radius 1 is 1.00 bits per heavy atom. The highest BCUT2D eigenvalue weighted by atomic mass is 32.2. The van der Waals surface area contributed by atoms with Crippen molar-refractivity contribution in [2.75, 3.05) is 11.5 Å². The van der Waals surface area contributed by atoms with Crippen molar-refractivity contribution in [1.82, 2.24) is 5.32 Å². The minimum absolute atomic E-state index is 0.174. The Hall–Kier alpha value is -0.0900. The highest BCUT2D eigenvalue weighted by Gasteiger charge is 2.39. The molecule has 3 nitrogen and oxygen atoms in total. The minimum atomic E-state index is -2.80. The van der Waals surface area contributed by atoms with Crippen LogP contribution in [0, 0.1) is 10.8 Å². The zero-order chi connectivity index (χ0) is 14.3. The fraction of sp³-hybridized carbons (Fsp3) is 1.00. The van der Waals surface area contributed by atoms with Crippen molar-refractivity contribution in [1.29, 1.82) is 0 Å². The molecule has 2 aliphatic rings. The Labute approximate surface area is 118 Å². The van der Waals surface area contributed by atoms with E-state index in [-0.39, 0.29) is 6.04 Å². The van der Waals surface area contributed by atoms with Gasteiger partial charge in [0.2, 0.25) is 0 Å². The third kappa shape index (κ3) is 4.45. The first-order chi connectivity index (χ1) is 8.57. The number of sulfone groups is 1. The molecule has 0 spiro atoms. The summed E-state index contributed by atoms with van der Waals surface area (Å²) >= 11 is 0. The van der Waals surface area contributed by atoms with Crippen LogP contribution in [0.5, 0.6) is 0 Å². The summed E-state index contributed by atoms with van der Waals surface area (Å²) < 4.78 is 23.4. The van der Waals surface area contributed by atoms with Gasteiger partial charge >= 0.3 is 0 Å². The lowest BCUT2D eigenvalue weighted by Gasteiger charge is -2.46. The molecule has 2 rings (SSSR count). The van der Waals surface area contributed by atoms with Crippen molar-refractivity contribution < 1.29 is 8.42 Å². The largest absolute Gasteiger partial charge is 0.310 e. The Kier molecular flexibility index (Phi) is 4.05. The molecule has 1 unspecified atom stereocenters. The smallest absolute Gasteiger partial charge is 0.151 e. The second-order valence-electron chi connectivity index (χ2n) is 8.23. The topological polar surface area (TPSA) is 46.2 Å². The SMILES string of the molecule is CC1(C)CC(NC2CCCS(=O)(=O)C2)CC(C)(C)C1. The van der Waals surface area contributed by atoms with E-state index >= 15 is 0 Å². The first-order valence-corrected chi connectivity index (χ1v) is 9.36. The van der Waals surface area contributed by atoms with Gasteiger partial charge in [-0.2, -0.15) is 0 Å². The summed E-state index contributed by atoms with van der Waals surface area (Å²) in [5.74, 6) is 0.719. The third-order valence-electron chi connectivity index (χ3n) is 4.49. The Bertz CT molecular complexity index is 409. The van der Waals surface area contributed by atoms with Crippen molar-refractivity contribution in [2.45, 2.75) is 71.9 Å². The van der Waals surface area contributed by atoms with Crippen LogP contribution in [0.3, 0.4) is 0 Å². The van der Waals surface area contributed by atoms with Crippen LogP contribution in [0.4, 0.5) is 0 Å². The zero-order valence-corrected chi connectivity index (χ0v) is 13.6. The average Bonchev–Trinajstić information content (AvgIpc) is 2.09. The quantitative estimate of drug-likeness (QED) is 0.849. The van der Waals surface area contributed by atoms with E-state index in [4.69, 9.17) is 0 Å². The van der Waals surface area contributed by atoms with Crippen LogP contribution in [0.2, 0.25) is 0 Å². The van der Waals surface area contributed by atoms with Crippen LogP contribution < -0.4 is 5.32 Å². The predicted molar refractivity (Wildman–Crippen MR) is 80.0 cm³/mol. The van der Waals surface area contributed by atoms with Gasteiger partial charge in [0, 0.05) is 12.1 Å². The fourth-order valence-corrected chi connectivity index (χ4v) is 6.10. The summed E-state index contributed by atoms with van der Waals surface area (Å²) in [5.41, 5.74) is 0.708. The van der Waals surface area contributed by atoms with E-state index in [9.17, 15) is 8.42 Å². The second kappa shape index (κ2) is 5.03. The molecule has 1 heterocycles. The summed E-state index contributed by atoms with van der Waals surface area (Å²) in [7, 11) is -2.80. The van der Waals surface area contributed by atoms with Gasteiger partial charge in [-0.3, -0.25) is 0 Å². The van der Waals surface area contributed by atoms with Crippen molar-refractivity contribution in [3.05, 3.63) is 0 Å². The molecule has 4 heteroatoms. The van der Waals surface area contributed by atoms with E-state index in [1.54, 1.807) is 0 Å². The predicted octanol–water partition coefficient (Wildman–Crippen LogP) is 2.76. The molecule has 0 aromatic carbocycles. The molecule has 1 aliphatic carbocycles.